The summed E-state index contributed by atoms with van der Waals surface area (Å²) in [4.78, 5) is 26.9. The Balaban J connectivity index is 1.40. The maximum absolute atomic E-state index is 14.5. The Morgan fingerprint density at radius 1 is 1.16 bits per heavy atom. The number of carbonyl (C=O) groups is 1. The zero-order valence-electron chi connectivity index (χ0n) is 17.1. The molecule has 7 heteroatoms. The van der Waals surface area contributed by atoms with Crippen LogP contribution in [0.3, 0.4) is 0 Å². The Morgan fingerprint density at radius 3 is 2.71 bits per heavy atom. The van der Waals surface area contributed by atoms with E-state index in [1.54, 1.807) is 41.3 Å². The van der Waals surface area contributed by atoms with Gasteiger partial charge >= 0.3 is 0 Å². The van der Waals surface area contributed by atoms with Crippen molar-refractivity contribution < 1.29 is 14.3 Å². The summed E-state index contributed by atoms with van der Waals surface area (Å²) in [7, 11) is 0. The monoisotopic (exact) mass is 421 g/mol. The number of amides is 1. The number of likely N-dealkylation sites (tertiary alicyclic amines) is 1. The van der Waals surface area contributed by atoms with Crippen LogP contribution in [0, 0.1) is 17.7 Å². The third-order valence-electron chi connectivity index (χ3n) is 6.97. The highest BCUT2D eigenvalue weighted by Gasteiger charge is 2.51. The van der Waals surface area contributed by atoms with Gasteiger partial charge in [-0.3, -0.25) is 9.59 Å². The first-order chi connectivity index (χ1) is 15.0. The first-order valence-electron chi connectivity index (χ1n) is 10.7. The molecule has 1 saturated heterocycles. The van der Waals surface area contributed by atoms with Crippen molar-refractivity contribution >= 4 is 16.7 Å². The third kappa shape index (κ3) is 3.33. The zero-order chi connectivity index (χ0) is 21.6. The number of hydrogen-bond donors (Lipinski definition) is 2. The normalized spacial score (nSPS) is 25.5. The Bertz CT molecular complexity index is 1210. The lowest BCUT2D eigenvalue weighted by Crippen LogP contribution is -2.43. The minimum Gasteiger partial charge on any atom is -0.385 e. The second kappa shape index (κ2) is 7.57. The van der Waals surface area contributed by atoms with Crippen LogP contribution >= 0.6 is 0 Å². The second-order valence-electron chi connectivity index (χ2n) is 8.68. The van der Waals surface area contributed by atoms with Crippen molar-refractivity contribution in [2.45, 2.75) is 31.3 Å². The minimum atomic E-state index is -1.27. The molecule has 2 N–H and O–H groups in total. The Hall–Kier alpha value is -3.06. The van der Waals surface area contributed by atoms with E-state index in [1.807, 2.05) is 6.07 Å². The summed E-state index contributed by atoms with van der Waals surface area (Å²) < 4.78 is 14.5. The molecule has 1 amide bonds. The Labute approximate surface area is 178 Å². The summed E-state index contributed by atoms with van der Waals surface area (Å²) in [5.74, 6) is -0.584. The molecule has 1 aromatic heterocycles. The van der Waals surface area contributed by atoms with Crippen LogP contribution in [0.15, 0.2) is 53.3 Å². The molecule has 1 aliphatic carbocycles. The predicted molar refractivity (Wildman–Crippen MR) is 114 cm³/mol. The summed E-state index contributed by atoms with van der Waals surface area (Å²) in [6.07, 6.45) is 2.25. The highest BCUT2D eigenvalue weighted by Crippen LogP contribution is 2.48. The molecule has 31 heavy (non-hydrogen) atoms. The second-order valence-corrected chi connectivity index (χ2v) is 8.68. The van der Waals surface area contributed by atoms with Crippen LogP contribution in [0.2, 0.25) is 0 Å². The quantitative estimate of drug-likeness (QED) is 0.681. The number of aromatic amines is 1. The van der Waals surface area contributed by atoms with E-state index in [4.69, 9.17) is 0 Å². The fourth-order valence-corrected chi connectivity index (χ4v) is 5.44. The highest BCUT2D eigenvalue weighted by molar-refractivity contribution is 5.88. The molecule has 0 radical (unpaired) electrons. The molecule has 6 nitrogen and oxygen atoms in total. The zero-order valence-corrected chi connectivity index (χ0v) is 17.1. The van der Waals surface area contributed by atoms with Crippen LogP contribution < -0.4 is 5.56 Å². The van der Waals surface area contributed by atoms with Crippen molar-refractivity contribution in [2.24, 2.45) is 11.8 Å². The number of rotatable bonds is 3. The summed E-state index contributed by atoms with van der Waals surface area (Å²) in [6, 6.07) is 13.5. The van der Waals surface area contributed by atoms with Gasteiger partial charge in [0.2, 0.25) is 5.91 Å². The van der Waals surface area contributed by atoms with Crippen LogP contribution in [-0.4, -0.2) is 39.2 Å². The topological polar surface area (TPSA) is 86.3 Å². The lowest BCUT2D eigenvalue weighted by Gasteiger charge is -2.41. The fourth-order valence-electron chi connectivity index (χ4n) is 5.44. The molecule has 2 fully saturated rings. The third-order valence-corrected chi connectivity index (χ3v) is 6.97. The average molecular weight is 421 g/mol. The molecule has 3 aromatic rings. The fraction of sp³-hybridized carbons (Fsp3) is 0.375. The van der Waals surface area contributed by atoms with Crippen molar-refractivity contribution in [2.75, 3.05) is 13.1 Å². The van der Waals surface area contributed by atoms with Gasteiger partial charge in [-0.1, -0.05) is 36.4 Å². The molecule has 1 aliphatic heterocycles. The molecule has 5 rings (SSSR count). The largest absolute Gasteiger partial charge is 0.385 e. The van der Waals surface area contributed by atoms with Gasteiger partial charge in [-0.05, 0) is 37.3 Å². The van der Waals surface area contributed by atoms with Crippen LogP contribution in [0.4, 0.5) is 4.39 Å². The number of aliphatic hydroxyl groups is 1. The average Bonchev–Trinajstić information content (AvgIpc) is 3.22. The maximum atomic E-state index is 14.5. The van der Waals surface area contributed by atoms with E-state index < -0.39 is 11.4 Å². The van der Waals surface area contributed by atoms with Crippen molar-refractivity contribution in [1.82, 2.24) is 15.1 Å². The molecule has 2 aromatic carbocycles. The van der Waals surface area contributed by atoms with Crippen LogP contribution in [0.5, 0.6) is 0 Å². The van der Waals surface area contributed by atoms with Gasteiger partial charge in [0.15, 0.2) is 0 Å². The van der Waals surface area contributed by atoms with E-state index in [-0.39, 0.29) is 29.7 Å². The van der Waals surface area contributed by atoms with Gasteiger partial charge in [-0.25, -0.2) is 9.49 Å². The SMILES string of the molecule is O=C(Cc1n[nH]c(=O)c2ccccc12)N1C[C@@H]2CCC[C@](O)(c3ccccc3F)[C@H]2C1. The van der Waals surface area contributed by atoms with E-state index >= 15 is 0 Å². The number of benzene rings is 2. The lowest BCUT2D eigenvalue weighted by molar-refractivity contribution is -0.130. The number of aromatic nitrogens is 2. The van der Waals surface area contributed by atoms with Gasteiger partial charge in [-0.15, -0.1) is 0 Å². The Kier molecular flexibility index (Phi) is 4.85. The van der Waals surface area contributed by atoms with Crippen molar-refractivity contribution in [3.63, 3.8) is 0 Å². The van der Waals surface area contributed by atoms with Gasteiger partial charge in [-0.2, -0.15) is 5.10 Å². The molecule has 2 heterocycles. The summed E-state index contributed by atoms with van der Waals surface area (Å²) in [6.45, 7) is 0.928. The molecular weight excluding hydrogens is 397 g/mol. The number of fused-ring (bicyclic) bond motifs is 2. The molecule has 1 saturated carbocycles. The summed E-state index contributed by atoms with van der Waals surface area (Å²) >= 11 is 0. The van der Waals surface area contributed by atoms with Gasteiger partial charge in [0.05, 0.1) is 23.1 Å². The predicted octanol–water partition coefficient (Wildman–Crippen LogP) is 2.75. The molecule has 0 unspecified atom stereocenters. The first kappa shape index (κ1) is 19.9. The number of H-pyrrole nitrogens is 1. The number of hydrogen-bond acceptors (Lipinski definition) is 4. The van der Waals surface area contributed by atoms with E-state index in [2.05, 4.69) is 10.2 Å². The lowest BCUT2D eigenvalue weighted by atomic mass is 9.67. The van der Waals surface area contributed by atoms with Gasteiger partial charge in [0.1, 0.15) is 5.82 Å². The van der Waals surface area contributed by atoms with Crippen molar-refractivity contribution in [1.29, 1.82) is 0 Å². The van der Waals surface area contributed by atoms with E-state index in [1.165, 1.54) is 6.07 Å². The molecule has 160 valence electrons. The first-order valence-corrected chi connectivity index (χ1v) is 10.7. The highest BCUT2D eigenvalue weighted by atomic mass is 19.1. The molecule has 3 atom stereocenters. The molecule has 0 spiro atoms. The number of halogens is 1. The van der Waals surface area contributed by atoms with E-state index in [0.29, 0.717) is 41.5 Å². The van der Waals surface area contributed by atoms with Crippen LogP contribution in [-0.2, 0) is 16.8 Å². The summed E-state index contributed by atoms with van der Waals surface area (Å²) in [5, 5.41) is 19.3. The van der Waals surface area contributed by atoms with Gasteiger partial charge in [0.25, 0.3) is 5.56 Å². The van der Waals surface area contributed by atoms with Crippen molar-refractivity contribution in [3.8, 4) is 0 Å². The molecule has 2 aliphatic rings. The van der Waals surface area contributed by atoms with E-state index in [0.717, 1.165) is 12.8 Å². The maximum Gasteiger partial charge on any atom is 0.272 e. The van der Waals surface area contributed by atoms with Crippen LogP contribution in [0.25, 0.3) is 10.8 Å². The molecular formula is C24H24FN3O3. The standard InChI is InChI=1S/C24H24FN3O3/c25-20-10-4-3-9-18(20)24(31)11-5-6-15-13-28(14-19(15)24)22(29)12-21-16-7-1-2-8-17(16)23(30)27-26-21/h1-4,7-10,15,19,31H,5-6,11-14H2,(H,27,30)/t15-,19-,24-/m0/s1. The van der Waals surface area contributed by atoms with Gasteiger partial charge < -0.3 is 10.0 Å². The van der Waals surface area contributed by atoms with Crippen LogP contribution in [0.1, 0.15) is 30.5 Å². The number of carbonyl (C=O) groups excluding carboxylic acids is 1. The summed E-state index contributed by atoms with van der Waals surface area (Å²) in [5.41, 5.74) is -0.702. The minimum absolute atomic E-state index is 0.0643. The van der Waals surface area contributed by atoms with Crippen molar-refractivity contribution in [3.05, 3.63) is 76.0 Å². The smallest absolute Gasteiger partial charge is 0.272 e. The Morgan fingerprint density at radius 2 is 1.90 bits per heavy atom. The molecule has 0 bridgehead atoms. The number of nitrogens with zero attached hydrogens (tertiary/aromatic N) is 2. The number of nitrogens with one attached hydrogen (secondary N) is 1. The van der Waals surface area contributed by atoms with Gasteiger partial charge in [0, 0.05) is 30.0 Å². The van der Waals surface area contributed by atoms with E-state index in [9.17, 15) is 19.1 Å².